The van der Waals surface area contributed by atoms with Crippen LogP contribution in [0.1, 0.15) is 61.5 Å². The Morgan fingerprint density at radius 1 is 1.14 bits per heavy atom. The van der Waals surface area contributed by atoms with E-state index in [1.54, 1.807) is 6.20 Å². The minimum Gasteiger partial charge on any atom is -0.444 e. The highest BCUT2D eigenvalue weighted by atomic mass is 16.3. The predicted octanol–water partition coefficient (Wildman–Crippen LogP) is 4.81. The maximum absolute atomic E-state index is 5.42. The van der Waals surface area contributed by atoms with Crippen LogP contribution in [-0.2, 0) is 13.0 Å². The van der Waals surface area contributed by atoms with Crippen molar-refractivity contribution in [1.29, 1.82) is 0 Å². The first-order chi connectivity index (χ1) is 13.6. The Morgan fingerprint density at radius 2 is 2.04 bits per heavy atom. The van der Waals surface area contributed by atoms with E-state index in [9.17, 15) is 0 Å². The average molecular weight is 377 g/mol. The molecule has 3 aromatic heterocycles. The zero-order chi connectivity index (χ0) is 19.5. The van der Waals surface area contributed by atoms with Crippen LogP contribution < -0.4 is 0 Å². The highest BCUT2D eigenvalue weighted by Crippen LogP contribution is 2.26. The van der Waals surface area contributed by atoms with Gasteiger partial charge in [-0.2, -0.15) is 0 Å². The molecule has 0 amide bonds. The molecule has 0 saturated carbocycles. The van der Waals surface area contributed by atoms with E-state index in [0.717, 1.165) is 49.5 Å². The first-order valence-corrected chi connectivity index (χ1v) is 10.1. The van der Waals surface area contributed by atoms with E-state index in [1.807, 2.05) is 12.3 Å². The molecule has 0 aromatic carbocycles. The van der Waals surface area contributed by atoms with Crippen LogP contribution >= 0.6 is 0 Å². The number of hydrogen-bond acceptors (Lipinski definition) is 5. The highest BCUT2D eigenvalue weighted by Gasteiger charge is 2.19. The average Bonchev–Trinajstić information content (AvgIpc) is 3.26. The molecule has 1 aliphatic rings. The third-order valence-corrected chi connectivity index (χ3v) is 5.69. The maximum atomic E-state index is 5.42. The Bertz CT molecular complexity index is 920. The SMILES string of the molecule is CC(C)c1cnc2c(c1)CN(CCC(C)c1cc(-c3cnco3)ccn1)CC2. The van der Waals surface area contributed by atoms with Gasteiger partial charge in [0.15, 0.2) is 12.2 Å². The normalized spacial score (nSPS) is 15.6. The van der Waals surface area contributed by atoms with Gasteiger partial charge in [0.1, 0.15) is 0 Å². The minimum absolute atomic E-state index is 0.393. The van der Waals surface area contributed by atoms with Gasteiger partial charge in [0, 0.05) is 48.9 Å². The van der Waals surface area contributed by atoms with Gasteiger partial charge >= 0.3 is 0 Å². The van der Waals surface area contributed by atoms with Crippen LogP contribution in [0.15, 0.2) is 47.6 Å². The third-order valence-electron chi connectivity index (χ3n) is 5.69. The number of nitrogens with zero attached hydrogens (tertiary/aromatic N) is 4. The molecule has 146 valence electrons. The minimum atomic E-state index is 0.393. The zero-order valence-corrected chi connectivity index (χ0v) is 16.9. The molecule has 0 aliphatic carbocycles. The van der Waals surface area contributed by atoms with Gasteiger partial charge in [0.05, 0.1) is 6.20 Å². The van der Waals surface area contributed by atoms with Crippen LogP contribution in [0.5, 0.6) is 0 Å². The van der Waals surface area contributed by atoms with Crippen LogP contribution in [0.2, 0.25) is 0 Å². The molecule has 4 heterocycles. The van der Waals surface area contributed by atoms with E-state index in [0.29, 0.717) is 11.8 Å². The van der Waals surface area contributed by atoms with Gasteiger partial charge in [0.2, 0.25) is 0 Å². The quantitative estimate of drug-likeness (QED) is 0.618. The molecule has 0 saturated heterocycles. The second-order valence-electron chi connectivity index (χ2n) is 8.08. The van der Waals surface area contributed by atoms with Gasteiger partial charge in [-0.05, 0) is 48.1 Å². The van der Waals surface area contributed by atoms with Crippen molar-refractivity contribution in [2.45, 2.75) is 52.0 Å². The number of oxazole rings is 1. The number of fused-ring (bicyclic) bond motifs is 1. The molecule has 1 atom stereocenters. The Balaban J connectivity index is 1.38. The van der Waals surface area contributed by atoms with Crippen molar-refractivity contribution in [3.8, 4) is 11.3 Å². The van der Waals surface area contributed by atoms with Crippen LogP contribution in [0, 0.1) is 0 Å². The van der Waals surface area contributed by atoms with E-state index in [1.165, 1.54) is 23.2 Å². The van der Waals surface area contributed by atoms with Crippen molar-refractivity contribution in [2.75, 3.05) is 13.1 Å². The smallest absolute Gasteiger partial charge is 0.181 e. The molecule has 3 aromatic rings. The molecule has 1 aliphatic heterocycles. The molecule has 5 heteroatoms. The second-order valence-corrected chi connectivity index (χ2v) is 8.08. The lowest BCUT2D eigenvalue weighted by molar-refractivity contribution is 0.243. The number of rotatable bonds is 6. The number of hydrogen-bond donors (Lipinski definition) is 0. The lowest BCUT2D eigenvalue weighted by Crippen LogP contribution is -2.32. The lowest BCUT2D eigenvalue weighted by Gasteiger charge is -2.29. The van der Waals surface area contributed by atoms with Gasteiger partial charge in [-0.15, -0.1) is 0 Å². The highest BCUT2D eigenvalue weighted by molar-refractivity contribution is 5.56. The number of aromatic nitrogens is 3. The summed E-state index contributed by atoms with van der Waals surface area (Å²) in [7, 11) is 0. The first-order valence-electron chi connectivity index (χ1n) is 10.1. The van der Waals surface area contributed by atoms with Crippen molar-refractivity contribution in [1.82, 2.24) is 19.9 Å². The molecule has 0 radical (unpaired) electrons. The van der Waals surface area contributed by atoms with Gasteiger partial charge in [-0.1, -0.05) is 26.8 Å². The molecule has 0 spiro atoms. The largest absolute Gasteiger partial charge is 0.444 e. The van der Waals surface area contributed by atoms with Crippen LogP contribution in [-0.4, -0.2) is 32.9 Å². The Kier molecular flexibility index (Phi) is 5.53. The monoisotopic (exact) mass is 376 g/mol. The Labute approximate surface area is 166 Å². The molecule has 5 nitrogen and oxygen atoms in total. The number of pyridine rings is 2. The fraction of sp³-hybridized carbons (Fsp3) is 0.435. The van der Waals surface area contributed by atoms with Gasteiger partial charge in [-0.25, -0.2) is 4.98 Å². The zero-order valence-electron chi connectivity index (χ0n) is 16.9. The fourth-order valence-electron chi connectivity index (χ4n) is 3.76. The summed E-state index contributed by atoms with van der Waals surface area (Å²) in [5.74, 6) is 1.71. The summed E-state index contributed by atoms with van der Waals surface area (Å²) >= 11 is 0. The summed E-state index contributed by atoms with van der Waals surface area (Å²) in [5.41, 5.74) is 6.15. The Hall–Kier alpha value is -2.53. The molecular formula is C23H28N4O. The van der Waals surface area contributed by atoms with Crippen LogP contribution in [0.3, 0.4) is 0 Å². The van der Waals surface area contributed by atoms with Crippen molar-refractivity contribution >= 4 is 0 Å². The molecular weight excluding hydrogens is 348 g/mol. The van der Waals surface area contributed by atoms with E-state index >= 15 is 0 Å². The fourth-order valence-corrected chi connectivity index (χ4v) is 3.76. The van der Waals surface area contributed by atoms with Crippen molar-refractivity contribution < 1.29 is 4.42 Å². The van der Waals surface area contributed by atoms with E-state index < -0.39 is 0 Å². The second kappa shape index (κ2) is 8.23. The van der Waals surface area contributed by atoms with E-state index in [2.05, 4.69) is 54.0 Å². The molecule has 0 fully saturated rings. The molecule has 4 rings (SSSR count). The lowest BCUT2D eigenvalue weighted by atomic mass is 9.97. The maximum Gasteiger partial charge on any atom is 0.181 e. The molecule has 0 bridgehead atoms. The Morgan fingerprint density at radius 3 is 2.82 bits per heavy atom. The third kappa shape index (κ3) is 4.14. The first kappa shape index (κ1) is 18.8. The van der Waals surface area contributed by atoms with Gasteiger partial charge < -0.3 is 4.42 Å². The summed E-state index contributed by atoms with van der Waals surface area (Å²) in [6.07, 6.45) is 9.25. The summed E-state index contributed by atoms with van der Waals surface area (Å²) < 4.78 is 5.42. The van der Waals surface area contributed by atoms with Crippen molar-refractivity contribution in [2.24, 2.45) is 0 Å². The predicted molar refractivity (Wildman–Crippen MR) is 110 cm³/mol. The summed E-state index contributed by atoms with van der Waals surface area (Å²) in [6, 6.07) is 6.44. The van der Waals surface area contributed by atoms with Crippen LogP contribution in [0.4, 0.5) is 0 Å². The summed E-state index contributed by atoms with van der Waals surface area (Å²) in [6.45, 7) is 9.86. The van der Waals surface area contributed by atoms with Crippen molar-refractivity contribution in [3.63, 3.8) is 0 Å². The van der Waals surface area contributed by atoms with E-state index in [4.69, 9.17) is 9.40 Å². The molecule has 1 unspecified atom stereocenters. The molecule has 28 heavy (non-hydrogen) atoms. The topological polar surface area (TPSA) is 55.1 Å². The van der Waals surface area contributed by atoms with Crippen LogP contribution in [0.25, 0.3) is 11.3 Å². The standard InChI is InChI=1S/C23H28N4O/c1-16(2)19-10-20-14-27(9-6-21(20)26-12-19)8-5-17(3)22-11-18(4-7-25-22)23-13-24-15-28-23/h4,7,10-13,15-17H,5-6,8-9,14H2,1-3H3. The summed E-state index contributed by atoms with van der Waals surface area (Å²) in [5, 5.41) is 0. The van der Waals surface area contributed by atoms with Crippen molar-refractivity contribution in [3.05, 3.63) is 65.7 Å². The summed E-state index contributed by atoms with van der Waals surface area (Å²) in [4.78, 5) is 15.8. The van der Waals surface area contributed by atoms with E-state index in [-0.39, 0.29) is 0 Å². The van der Waals surface area contributed by atoms with Gasteiger partial charge in [-0.3, -0.25) is 14.9 Å². The molecule has 0 N–H and O–H groups in total. The van der Waals surface area contributed by atoms with Gasteiger partial charge in [0.25, 0.3) is 0 Å².